The van der Waals surface area contributed by atoms with E-state index in [0.29, 0.717) is 6.54 Å². The van der Waals surface area contributed by atoms with Gasteiger partial charge < -0.3 is 9.64 Å². The molecule has 6 heteroatoms. The summed E-state index contributed by atoms with van der Waals surface area (Å²) in [5.74, 6) is -0.168. The minimum atomic E-state index is -0.168. The number of nitrogens with zero attached hydrogens (tertiary/aromatic N) is 3. The van der Waals surface area contributed by atoms with E-state index in [0.717, 1.165) is 36.8 Å². The van der Waals surface area contributed by atoms with Crippen molar-refractivity contribution in [2.45, 2.75) is 0 Å². The van der Waals surface area contributed by atoms with Crippen LogP contribution in [0.3, 0.4) is 0 Å². The van der Waals surface area contributed by atoms with Gasteiger partial charge in [0, 0.05) is 26.2 Å². The van der Waals surface area contributed by atoms with Crippen molar-refractivity contribution in [1.29, 1.82) is 0 Å². The first-order valence-corrected chi connectivity index (χ1v) is 7.47. The fraction of sp³-hybridized carbons (Fsp3) is 0.429. The minimum Gasteiger partial charge on any atom is -0.468 e. The van der Waals surface area contributed by atoms with E-state index in [1.165, 1.54) is 11.8 Å². The third-order valence-electron chi connectivity index (χ3n) is 3.51. The Hall–Kier alpha value is -1.66. The van der Waals surface area contributed by atoms with Gasteiger partial charge in [-0.05, 0) is 12.1 Å². The average Bonchev–Trinajstić information content (AvgIpc) is 2.91. The van der Waals surface area contributed by atoms with E-state index in [2.05, 4.69) is 20.9 Å². The number of ether oxygens (including phenoxy) is 1. The molecule has 106 valence electrons. The second-order valence-corrected chi connectivity index (χ2v) is 5.81. The molecular formula is C14H17N3O2S. The molecule has 2 heterocycles. The molecule has 0 aliphatic carbocycles. The van der Waals surface area contributed by atoms with Crippen molar-refractivity contribution in [1.82, 2.24) is 9.88 Å². The Morgan fingerprint density at radius 3 is 2.75 bits per heavy atom. The SMILES string of the molecule is COC(=O)CN1CCN(c2nc3ccccc3s2)CC1. The zero-order valence-corrected chi connectivity index (χ0v) is 12.2. The average molecular weight is 291 g/mol. The molecule has 20 heavy (non-hydrogen) atoms. The summed E-state index contributed by atoms with van der Waals surface area (Å²) in [6.07, 6.45) is 0. The number of esters is 1. The highest BCUT2D eigenvalue weighted by atomic mass is 32.1. The van der Waals surface area contributed by atoms with Gasteiger partial charge in [-0.25, -0.2) is 4.98 Å². The van der Waals surface area contributed by atoms with Crippen molar-refractivity contribution in [2.24, 2.45) is 0 Å². The Morgan fingerprint density at radius 1 is 1.30 bits per heavy atom. The van der Waals surface area contributed by atoms with Crippen LogP contribution in [-0.2, 0) is 9.53 Å². The molecule has 0 N–H and O–H groups in total. The predicted octanol–water partition coefficient (Wildman–Crippen LogP) is 1.59. The first-order valence-electron chi connectivity index (χ1n) is 6.66. The number of benzene rings is 1. The number of piperazine rings is 1. The summed E-state index contributed by atoms with van der Waals surface area (Å²) in [5, 5.41) is 1.07. The van der Waals surface area contributed by atoms with Crippen molar-refractivity contribution in [3.63, 3.8) is 0 Å². The first-order chi connectivity index (χ1) is 9.76. The van der Waals surface area contributed by atoms with E-state index in [1.807, 2.05) is 18.2 Å². The molecule has 0 atom stereocenters. The maximum absolute atomic E-state index is 11.3. The molecule has 0 unspecified atom stereocenters. The number of anilines is 1. The van der Waals surface area contributed by atoms with Crippen LogP contribution >= 0.6 is 11.3 Å². The number of carbonyl (C=O) groups is 1. The van der Waals surface area contributed by atoms with Crippen molar-refractivity contribution >= 4 is 32.7 Å². The van der Waals surface area contributed by atoms with Gasteiger partial charge in [-0.3, -0.25) is 9.69 Å². The van der Waals surface area contributed by atoms with E-state index in [1.54, 1.807) is 11.3 Å². The number of thiazole rings is 1. The Balaban J connectivity index is 1.64. The quantitative estimate of drug-likeness (QED) is 0.804. The zero-order chi connectivity index (χ0) is 13.9. The summed E-state index contributed by atoms with van der Waals surface area (Å²) in [6.45, 7) is 3.91. The van der Waals surface area contributed by atoms with Crippen LogP contribution in [0.2, 0.25) is 0 Å². The number of hydrogen-bond acceptors (Lipinski definition) is 6. The molecule has 0 spiro atoms. The first kappa shape index (κ1) is 13.3. The zero-order valence-electron chi connectivity index (χ0n) is 11.4. The molecule has 1 aliphatic heterocycles. The van der Waals surface area contributed by atoms with Crippen LogP contribution in [0, 0.1) is 0 Å². The lowest BCUT2D eigenvalue weighted by atomic mass is 10.3. The topological polar surface area (TPSA) is 45.7 Å². The number of methoxy groups -OCH3 is 1. The van der Waals surface area contributed by atoms with Crippen molar-refractivity contribution < 1.29 is 9.53 Å². The van der Waals surface area contributed by atoms with Gasteiger partial charge in [-0.2, -0.15) is 0 Å². The summed E-state index contributed by atoms with van der Waals surface area (Å²) >= 11 is 1.73. The monoisotopic (exact) mass is 291 g/mol. The number of para-hydroxylation sites is 1. The molecule has 3 rings (SSSR count). The normalized spacial score (nSPS) is 16.6. The highest BCUT2D eigenvalue weighted by Gasteiger charge is 2.21. The van der Waals surface area contributed by atoms with E-state index < -0.39 is 0 Å². The fourth-order valence-electron chi connectivity index (χ4n) is 2.34. The third-order valence-corrected chi connectivity index (χ3v) is 4.60. The number of fused-ring (bicyclic) bond motifs is 1. The highest BCUT2D eigenvalue weighted by molar-refractivity contribution is 7.22. The molecule has 0 saturated carbocycles. The van der Waals surface area contributed by atoms with E-state index in [-0.39, 0.29) is 5.97 Å². The van der Waals surface area contributed by atoms with Gasteiger partial charge >= 0.3 is 5.97 Å². The molecule has 1 fully saturated rings. The maximum Gasteiger partial charge on any atom is 0.319 e. The van der Waals surface area contributed by atoms with Crippen LogP contribution in [0.5, 0.6) is 0 Å². The van der Waals surface area contributed by atoms with Gasteiger partial charge in [-0.15, -0.1) is 0 Å². The largest absolute Gasteiger partial charge is 0.468 e. The van der Waals surface area contributed by atoms with Gasteiger partial charge in [0.2, 0.25) is 0 Å². The standard InChI is InChI=1S/C14H17N3O2S/c1-19-13(18)10-16-6-8-17(9-7-16)14-15-11-4-2-3-5-12(11)20-14/h2-5H,6-10H2,1H3. The molecule has 1 saturated heterocycles. The van der Waals surface area contributed by atoms with Gasteiger partial charge in [-0.1, -0.05) is 23.5 Å². The van der Waals surface area contributed by atoms with Gasteiger partial charge in [0.05, 0.1) is 23.9 Å². The van der Waals surface area contributed by atoms with Crippen LogP contribution < -0.4 is 4.90 Å². The second-order valence-electron chi connectivity index (χ2n) is 4.80. The predicted molar refractivity (Wildman–Crippen MR) is 80.3 cm³/mol. The van der Waals surface area contributed by atoms with Gasteiger partial charge in [0.25, 0.3) is 0 Å². The highest BCUT2D eigenvalue weighted by Crippen LogP contribution is 2.28. The van der Waals surface area contributed by atoms with E-state index in [9.17, 15) is 4.79 Å². The number of hydrogen-bond donors (Lipinski definition) is 0. The summed E-state index contributed by atoms with van der Waals surface area (Å²) in [6, 6.07) is 8.20. The molecule has 1 aliphatic rings. The van der Waals surface area contributed by atoms with Crippen LogP contribution in [0.4, 0.5) is 5.13 Å². The van der Waals surface area contributed by atoms with Gasteiger partial charge in [0.1, 0.15) is 0 Å². The number of rotatable bonds is 3. The molecule has 1 aromatic carbocycles. The van der Waals surface area contributed by atoms with Crippen LogP contribution in [0.15, 0.2) is 24.3 Å². The second kappa shape index (κ2) is 5.76. The van der Waals surface area contributed by atoms with Crippen LogP contribution in [0.25, 0.3) is 10.2 Å². The molecular weight excluding hydrogens is 274 g/mol. The Kier molecular flexibility index (Phi) is 3.84. The summed E-state index contributed by atoms with van der Waals surface area (Å²) in [7, 11) is 1.43. The molecule has 1 aromatic heterocycles. The summed E-state index contributed by atoms with van der Waals surface area (Å²) in [5.41, 5.74) is 1.06. The number of carbonyl (C=O) groups excluding carboxylic acids is 1. The Bertz CT molecular complexity index is 572. The smallest absolute Gasteiger partial charge is 0.319 e. The van der Waals surface area contributed by atoms with Gasteiger partial charge in [0.15, 0.2) is 5.13 Å². The van der Waals surface area contributed by atoms with Crippen molar-refractivity contribution in [2.75, 3.05) is 44.7 Å². The minimum absolute atomic E-state index is 0.168. The van der Waals surface area contributed by atoms with Crippen molar-refractivity contribution in [3.8, 4) is 0 Å². The van der Waals surface area contributed by atoms with Crippen LogP contribution in [0.1, 0.15) is 0 Å². The molecule has 0 amide bonds. The Labute approximate surface area is 121 Å². The maximum atomic E-state index is 11.3. The van der Waals surface area contributed by atoms with E-state index in [4.69, 9.17) is 4.74 Å². The summed E-state index contributed by atoms with van der Waals surface area (Å²) in [4.78, 5) is 20.3. The lowest BCUT2D eigenvalue weighted by Gasteiger charge is -2.33. The lowest BCUT2D eigenvalue weighted by Crippen LogP contribution is -2.48. The summed E-state index contributed by atoms with van der Waals surface area (Å²) < 4.78 is 5.92. The molecule has 5 nitrogen and oxygen atoms in total. The number of aromatic nitrogens is 1. The molecule has 0 radical (unpaired) electrons. The van der Waals surface area contributed by atoms with E-state index >= 15 is 0 Å². The molecule has 2 aromatic rings. The third kappa shape index (κ3) is 2.76. The van der Waals surface area contributed by atoms with Crippen LogP contribution in [-0.4, -0.2) is 55.7 Å². The molecule has 0 bridgehead atoms. The fourth-order valence-corrected chi connectivity index (χ4v) is 3.36. The lowest BCUT2D eigenvalue weighted by molar-refractivity contribution is -0.142. The Morgan fingerprint density at radius 2 is 2.05 bits per heavy atom. The van der Waals surface area contributed by atoms with Crippen molar-refractivity contribution in [3.05, 3.63) is 24.3 Å².